The molecule has 0 spiro atoms. The third-order valence-electron chi connectivity index (χ3n) is 2.54. The molecule has 86 valence electrons. The molecule has 0 aliphatic carbocycles. The molecule has 0 atom stereocenters. The average molecular weight is 226 g/mol. The van der Waals surface area contributed by atoms with E-state index in [1.165, 1.54) is 0 Å². The lowest BCUT2D eigenvalue weighted by Gasteiger charge is -2.27. The fourth-order valence-corrected chi connectivity index (χ4v) is 1.52. The van der Waals surface area contributed by atoms with Crippen molar-refractivity contribution in [2.75, 3.05) is 19.6 Å². The highest BCUT2D eigenvalue weighted by Crippen LogP contribution is 2.08. The van der Waals surface area contributed by atoms with Crippen LogP contribution in [-0.4, -0.2) is 25.5 Å². The quantitative estimate of drug-likeness (QED) is 0.804. The lowest BCUT2D eigenvalue weighted by atomic mass is 10.0. The number of carbonyl (C=O) groups is 1. The molecule has 1 aliphatic rings. The third kappa shape index (κ3) is 2.55. The second-order valence-electron chi connectivity index (χ2n) is 3.89. The Bertz CT molecular complexity index is 385. The third-order valence-corrected chi connectivity index (χ3v) is 2.54. The van der Waals surface area contributed by atoms with Crippen molar-refractivity contribution < 1.29 is 13.6 Å². The summed E-state index contributed by atoms with van der Waals surface area (Å²) < 4.78 is 25.7. The van der Waals surface area contributed by atoms with Crippen molar-refractivity contribution in [3.63, 3.8) is 0 Å². The Morgan fingerprint density at radius 3 is 2.44 bits per heavy atom. The Hall–Kier alpha value is -1.49. The van der Waals surface area contributed by atoms with Gasteiger partial charge in [-0.2, -0.15) is 0 Å². The minimum Gasteiger partial charge on any atom is -0.352 e. The Morgan fingerprint density at radius 2 is 1.94 bits per heavy atom. The number of hydrogen-bond donors (Lipinski definition) is 2. The second kappa shape index (κ2) is 4.57. The van der Waals surface area contributed by atoms with Crippen LogP contribution in [0, 0.1) is 17.6 Å². The maximum Gasteiger partial charge on any atom is 0.251 e. The molecule has 0 bridgehead atoms. The van der Waals surface area contributed by atoms with Gasteiger partial charge in [-0.25, -0.2) is 8.78 Å². The molecule has 2 N–H and O–H groups in total. The predicted molar refractivity (Wildman–Crippen MR) is 55.1 cm³/mol. The van der Waals surface area contributed by atoms with E-state index in [9.17, 15) is 13.6 Å². The van der Waals surface area contributed by atoms with Gasteiger partial charge in [0.2, 0.25) is 0 Å². The van der Waals surface area contributed by atoms with Crippen LogP contribution in [0.4, 0.5) is 8.78 Å². The van der Waals surface area contributed by atoms with Crippen LogP contribution in [0.1, 0.15) is 10.4 Å². The SMILES string of the molecule is O=C(NCC1CNC1)c1cc(F)cc(F)c1. The highest BCUT2D eigenvalue weighted by molar-refractivity contribution is 5.94. The van der Waals surface area contributed by atoms with Gasteiger partial charge in [0.1, 0.15) is 11.6 Å². The summed E-state index contributed by atoms with van der Waals surface area (Å²) in [5, 5.41) is 5.71. The monoisotopic (exact) mass is 226 g/mol. The zero-order valence-electron chi connectivity index (χ0n) is 8.59. The second-order valence-corrected chi connectivity index (χ2v) is 3.89. The lowest BCUT2D eigenvalue weighted by Crippen LogP contribution is -2.48. The van der Waals surface area contributed by atoms with Crippen molar-refractivity contribution in [2.45, 2.75) is 0 Å². The molecule has 5 heteroatoms. The van der Waals surface area contributed by atoms with Crippen molar-refractivity contribution in [3.05, 3.63) is 35.4 Å². The molecule has 16 heavy (non-hydrogen) atoms. The molecular formula is C11H12F2N2O. The number of carbonyl (C=O) groups excluding carboxylic acids is 1. The molecular weight excluding hydrogens is 214 g/mol. The van der Waals surface area contributed by atoms with E-state index in [0.29, 0.717) is 12.5 Å². The number of nitrogens with one attached hydrogen (secondary N) is 2. The lowest BCUT2D eigenvalue weighted by molar-refractivity contribution is 0.0941. The largest absolute Gasteiger partial charge is 0.352 e. The molecule has 0 unspecified atom stereocenters. The van der Waals surface area contributed by atoms with E-state index >= 15 is 0 Å². The molecule has 1 aromatic rings. The van der Waals surface area contributed by atoms with Crippen molar-refractivity contribution in [2.24, 2.45) is 5.92 Å². The molecule has 1 fully saturated rings. The van der Waals surface area contributed by atoms with Gasteiger partial charge in [0.15, 0.2) is 0 Å². The van der Waals surface area contributed by atoms with Crippen LogP contribution in [-0.2, 0) is 0 Å². The first-order chi connectivity index (χ1) is 7.65. The van der Waals surface area contributed by atoms with E-state index in [1.54, 1.807) is 0 Å². The van der Waals surface area contributed by atoms with Crippen molar-refractivity contribution in [1.29, 1.82) is 0 Å². The highest BCUT2D eigenvalue weighted by atomic mass is 19.1. The van der Waals surface area contributed by atoms with E-state index in [0.717, 1.165) is 31.3 Å². The molecule has 1 aliphatic heterocycles. The molecule has 0 saturated carbocycles. The molecule has 3 nitrogen and oxygen atoms in total. The molecule has 2 rings (SSSR count). The molecule has 0 radical (unpaired) electrons. The summed E-state index contributed by atoms with van der Waals surface area (Å²) in [5.74, 6) is -1.50. The number of halogens is 2. The minimum absolute atomic E-state index is 0.0183. The standard InChI is InChI=1S/C11H12F2N2O/c12-9-1-8(2-10(13)3-9)11(16)15-6-7-4-14-5-7/h1-3,7,14H,4-6H2,(H,15,16). The Morgan fingerprint density at radius 1 is 1.31 bits per heavy atom. The first-order valence-electron chi connectivity index (χ1n) is 5.10. The number of hydrogen-bond acceptors (Lipinski definition) is 2. The van der Waals surface area contributed by atoms with E-state index in [-0.39, 0.29) is 5.56 Å². The maximum absolute atomic E-state index is 12.8. The molecule has 1 amide bonds. The van der Waals surface area contributed by atoms with Gasteiger partial charge >= 0.3 is 0 Å². The molecule has 1 aromatic carbocycles. The van der Waals surface area contributed by atoms with Gasteiger partial charge in [-0.05, 0) is 12.1 Å². The van der Waals surface area contributed by atoms with Gasteiger partial charge in [0.05, 0.1) is 0 Å². The highest BCUT2D eigenvalue weighted by Gasteiger charge is 2.18. The van der Waals surface area contributed by atoms with E-state index in [4.69, 9.17) is 0 Å². The fraction of sp³-hybridized carbons (Fsp3) is 0.364. The van der Waals surface area contributed by atoms with E-state index < -0.39 is 17.5 Å². The zero-order chi connectivity index (χ0) is 11.5. The van der Waals surface area contributed by atoms with Crippen LogP contribution >= 0.6 is 0 Å². The predicted octanol–water partition coefficient (Wildman–Crippen LogP) is 0.914. The van der Waals surface area contributed by atoms with Gasteiger partial charge in [0.25, 0.3) is 5.91 Å². The van der Waals surface area contributed by atoms with Gasteiger partial charge in [-0.1, -0.05) is 0 Å². The molecule has 1 heterocycles. The summed E-state index contributed by atoms with van der Waals surface area (Å²) >= 11 is 0. The van der Waals surface area contributed by atoms with Crippen LogP contribution in [0.5, 0.6) is 0 Å². The summed E-state index contributed by atoms with van der Waals surface area (Å²) in [7, 11) is 0. The van der Waals surface area contributed by atoms with Gasteiger partial charge in [0, 0.05) is 37.2 Å². The Balaban J connectivity index is 1.96. The number of rotatable bonds is 3. The summed E-state index contributed by atoms with van der Waals surface area (Å²) in [5.41, 5.74) is 0.0183. The summed E-state index contributed by atoms with van der Waals surface area (Å²) in [6, 6.07) is 2.79. The summed E-state index contributed by atoms with van der Waals surface area (Å²) in [6.07, 6.45) is 0. The van der Waals surface area contributed by atoms with E-state index in [2.05, 4.69) is 10.6 Å². The van der Waals surface area contributed by atoms with Gasteiger partial charge in [-0.15, -0.1) is 0 Å². The average Bonchev–Trinajstić information content (AvgIpc) is 2.13. The minimum atomic E-state index is -0.740. The van der Waals surface area contributed by atoms with Crippen LogP contribution < -0.4 is 10.6 Å². The summed E-state index contributed by atoms with van der Waals surface area (Å²) in [6.45, 7) is 2.28. The topological polar surface area (TPSA) is 41.1 Å². The normalized spacial score (nSPS) is 15.6. The number of amides is 1. The van der Waals surface area contributed by atoms with Crippen LogP contribution in [0.3, 0.4) is 0 Å². The van der Waals surface area contributed by atoms with E-state index in [1.807, 2.05) is 0 Å². The van der Waals surface area contributed by atoms with Crippen molar-refractivity contribution in [3.8, 4) is 0 Å². The number of benzene rings is 1. The van der Waals surface area contributed by atoms with Crippen molar-refractivity contribution >= 4 is 5.91 Å². The zero-order valence-corrected chi connectivity index (χ0v) is 8.59. The summed E-state index contributed by atoms with van der Waals surface area (Å²) in [4.78, 5) is 11.5. The Kier molecular flexibility index (Phi) is 3.14. The van der Waals surface area contributed by atoms with Crippen LogP contribution in [0.2, 0.25) is 0 Å². The smallest absolute Gasteiger partial charge is 0.251 e. The first kappa shape index (κ1) is 11.0. The molecule has 0 aromatic heterocycles. The van der Waals surface area contributed by atoms with Gasteiger partial charge in [-0.3, -0.25) is 4.79 Å². The van der Waals surface area contributed by atoms with Crippen molar-refractivity contribution in [1.82, 2.24) is 10.6 Å². The first-order valence-corrected chi connectivity index (χ1v) is 5.10. The van der Waals surface area contributed by atoms with Crippen LogP contribution in [0.15, 0.2) is 18.2 Å². The van der Waals surface area contributed by atoms with Gasteiger partial charge < -0.3 is 10.6 Å². The van der Waals surface area contributed by atoms with Crippen LogP contribution in [0.25, 0.3) is 0 Å². The molecule has 1 saturated heterocycles. The fourth-order valence-electron chi connectivity index (χ4n) is 1.52. The Labute approximate surface area is 91.8 Å². The maximum atomic E-state index is 12.8.